The van der Waals surface area contributed by atoms with Gasteiger partial charge in [0.05, 0.1) is 0 Å². The molecule has 0 aliphatic heterocycles. The summed E-state index contributed by atoms with van der Waals surface area (Å²) in [6.07, 6.45) is 6.72. The second-order valence-electron chi connectivity index (χ2n) is 4.11. The zero-order chi connectivity index (χ0) is 10.3. The predicted molar refractivity (Wildman–Crippen MR) is 55.9 cm³/mol. The molecule has 78 valence electrons. The number of aromatic hydroxyl groups is 1. The molecular formula is C11H13N3O. The van der Waals surface area contributed by atoms with Crippen LogP contribution in [0, 0.1) is 0 Å². The lowest BCUT2D eigenvalue weighted by Crippen LogP contribution is -1.95. The molecule has 0 unspecified atom stereocenters. The van der Waals surface area contributed by atoms with Gasteiger partial charge in [0.1, 0.15) is 0 Å². The summed E-state index contributed by atoms with van der Waals surface area (Å²) in [5, 5.41) is 14.0. The SMILES string of the molecule is Oc1cccn2nc(C3CCCC3)nc12. The predicted octanol–water partition coefficient (Wildman–Crippen LogP) is 2.09. The lowest BCUT2D eigenvalue weighted by Gasteiger charge is -2.00. The van der Waals surface area contributed by atoms with Crippen LogP contribution in [0.5, 0.6) is 5.75 Å². The van der Waals surface area contributed by atoms with Crippen molar-refractivity contribution in [1.82, 2.24) is 14.6 Å². The molecule has 0 radical (unpaired) electrons. The van der Waals surface area contributed by atoms with Gasteiger partial charge in [-0.2, -0.15) is 5.10 Å². The van der Waals surface area contributed by atoms with E-state index in [1.54, 1.807) is 16.6 Å². The summed E-state index contributed by atoms with van der Waals surface area (Å²) in [5.41, 5.74) is 0.569. The molecule has 0 atom stereocenters. The monoisotopic (exact) mass is 203 g/mol. The third kappa shape index (κ3) is 1.37. The molecule has 4 nitrogen and oxygen atoms in total. The number of nitrogens with zero attached hydrogens (tertiary/aromatic N) is 3. The Morgan fingerprint density at radius 2 is 2.13 bits per heavy atom. The van der Waals surface area contributed by atoms with Gasteiger partial charge in [0.15, 0.2) is 17.2 Å². The van der Waals surface area contributed by atoms with Crippen molar-refractivity contribution < 1.29 is 5.11 Å². The second-order valence-corrected chi connectivity index (χ2v) is 4.11. The third-order valence-electron chi connectivity index (χ3n) is 3.08. The van der Waals surface area contributed by atoms with Gasteiger partial charge in [-0.05, 0) is 25.0 Å². The molecule has 0 bridgehead atoms. The average Bonchev–Trinajstić information content (AvgIpc) is 2.86. The summed E-state index contributed by atoms with van der Waals surface area (Å²) >= 11 is 0. The van der Waals surface area contributed by atoms with Crippen molar-refractivity contribution in [2.75, 3.05) is 0 Å². The van der Waals surface area contributed by atoms with E-state index in [0.29, 0.717) is 11.6 Å². The van der Waals surface area contributed by atoms with E-state index in [9.17, 15) is 5.11 Å². The van der Waals surface area contributed by atoms with Crippen LogP contribution < -0.4 is 0 Å². The van der Waals surface area contributed by atoms with E-state index in [-0.39, 0.29) is 5.75 Å². The van der Waals surface area contributed by atoms with E-state index in [4.69, 9.17) is 0 Å². The van der Waals surface area contributed by atoms with E-state index < -0.39 is 0 Å². The highest BCUT2D eigenvalue weighted by atomic mass is 16.3. The molecule has 1 aliphatic rings. The molecule has 0 spiro atoms. The highest BCUT2D eigenvalue weighted by Crippen LogP contribution is 2.32. The first-order chi connectivity index (χ1) is 7.34. The third-order valence-corrected chi connectivity index (χ3v) is 3.08. The Labute approximate surface area is 87.6 Å². The molecule has 0 saturated heterocycles. The fourth-order valence-electron chi connectivity index (χ4n) is 2.27. The Hall–Kier alpha value is -1.58. The van der Waals surface area contributed by atoms with Crippen molar-refractivity contribution in [1.29, 1.82) is 0 Å². The Morgan fingerprint density at radius 3 is 2.87 bits per heavy atom. The van der Waals surface area contributed by atoms with Gasteiger partial charge >= 0.3 is 0 Å². The molecule has 3 rings (SSSR count). The Kier molecular flexibility index (Phi) is 1.87. The van der Waals surface area contributed by atoms with E-state index >= 15 is 0 Å². The molecule has 4 heteroatoms. The largest absolute Gasteiger partial charge is 0.504 e. The van der Waals surface area contributed by atoms with Gasteiger partial charge in [0.2, 0.25) is 0 Å². The fourth-order valence-corrected chi connectivity index (χ4v) is 2.27. The number of rotatable bonds is 1. The minimum atomic E-state index is 0.203. The zero-order valence-corrected chi connectivity index (χ0v) is 8.43. The van der Waals surface area contributed by atoms with Crippen molar-refractivity contribution in [2.45, 2.75) is 31.6 Å². The molecule has 1 saturated carbocycles. The van der Waals surface area contributed by atoms with Gasteiger partial charge in [0, 0.05) is 12.1 Å². The van der Waals surface area contributed by atoms with Crippen LogP contribution in [0.4, 0.5) is 0 Å². The van der Waals surface area contributed by atoms with Crippen molar-refractivity contribution >= 4 is 5.65 Å². The van der Waals surface area contributed by atoms with E-state index in [2.05, 4.69) is 10.1 Å². The Morgan fingerprint density at radius 1 is 1.33 bits per heavy atom. The molecule has 1 N–H and O–H groups in total. The summed E-state index contributed by atoms with van der Waals surface area (Å²) < 4.78 is 1.66. The van der Waals surface area contributed by atoms with E-state index in [0.717, 1.165) is 5.82 Å². The molecule has 2 heterocycles. The number of hydrogen-bond acceptors (Lipinski definition) is 3. The number of aromatic nitrogens is 3. The summed E-state index contributed by atoms with van der Waals surface area (Å²) in [6.45, 7) is 0. The summed E-state index contributed by atoms with van der Waals surface area (Å²) in [5.74, 6) is 1.58. The van der Waals surface area contributed by atoms with Crippen LogP contribution in [0.3, 0.4) is 0 Å². The van der Waals surface area contributed by atoms with Gasteiger partial charge in [-0.15, -0.1) is 0 Å². The smallest absolute Gasteiger partial charge is 0.197 e. The minimum absolute atomic E-state index is 0.203. The topological polar surface area (TPSA) is 50.4 Å². The lowest BCUT2D eigenvalue weighted by molar-refractivity contribution is 0.477. The standard InChI is InChI=1S/C11H13N3O/c15-9-6-3-7-14-11(9)12-10(13-14)8-4-1-2-5-8/h3,6-8,15H,1-2,4-5H2. The molecule has 15 heavy (non-hydrogen) atoms. The van der Waals surface area contributed by atoms with Crippen LogP contribution in [0.25, 0.3) is 5.65 Å². The van der Waals surface area contributed by atoms with E-state index in [1.807, 2.05) is 6.20 Å². The first-order valence-corrected chi connectivity index (χ1v) is 5.39. The summed E-state index contributed by atoms with van der Waals surface area (Å²) in [6, 6.07) is 3.41. The van der Waals surface area contributed by atoms with Crippen LogP contribution >= 0.6 is 0 Å². The Bertz CT molecular complexity index is 486. The van der Waals surface area contributed by atoms with Gasteiger partial charge in [-0.3, -0.25) is 0 Å². The van der Waals surface area contributed by atoms with Gasteiger partial charge in [-0.1, -0.05) is 12.8 Å². The van der Waals surface area contributed by atoms with Crippen molar-refractivity contribution in [3.63, 3.8) is 0 Å². The first-order valence-electron chi connectivity index (χ1n) is 5.39. The number of pyridine rings is 1. The van der Waals surface area contributed by atoms with Crippen LogP contribution in [-0.4, -0.2) is 19.7 Å². The quantitative estimate of drug-likeness (QED) is 0.772. The van der Waals surface area contributed by atoms with Gasteiger partial charge < -0.3 is 5.11 Å². The second kappa shape index (κ2) is 3.22. The first kappa shape index (κ1) is 8.71. The maximum Gasteiger partial charge on any atom is 0.197 e. The molecular weight excluding hydrogens is 190 g/mol. The summed E-state index contributed by atoms with van der Waals surface area (Å²) in [7, 11) is 0. The summed E-state index contributed by atoms with van der Waals surface area (Å²) in [4.78, 5) is 4.40. The van der Waals surface area contributed by atoms with Crippen molar-refractivity contribution in [3.05, 3.63) is 24.2 Å². The minimum Gasteiger partial charge on any atom is -0.504 e. The van der Waals surface area contributed by atoms with Crippen LogP contribution in [0.2, 0.25) is 0 Å². The van der Waals surface area contributed by atoms with E-state index in [1.165, 1.54) is 25.7 Å². The Balaban J connectivity index is 2.09. The van der Waals surface area contributed by atoms with Gasteiger partial charge in [0.25, 0.3) is 0 Å². The molecule has 0 aromatic carbocycles. The van der Waals surface area contributed by atoms with Gasteiger partial charge in [-0.25, -0.2) is 9.50 Å². The maximum atomic E-state index is 9.60. The van der Waals surface area contributed by atoms with Crippen LogP contribution in [-0.2, 0) is 0 Å². The highest BCUT2D eigenvalue weighted by Gasteiger charge is 2.21. The molecule has 2 aromatic rings. The molecule has 1 fully saturated rings. The average molecular weight is 203 g/mol. The molecule has 1 aliphatic carbocycles. The van der Waals surface area contributed by atoms with Crippen LogP contribution in [0.15, 0.2) is 18.3 Å². The number of hydrogen-bond donors (Lipinski definition) is 1. The van der Waals surface area contributed by atoms with Crippen molar-refractivity contribution in [2.24, 2.45) is 0 Å². The van der Waals surface area contributed by atoms with Crippen molar-refractivity contribution in [3.8, 4) is 5.75 Å². The molecule has 0 amide bonds. The molecule has 2 aromatic heterocycles. The normalized spacial score (nSPS) is 17.6. The maximum absolute atomic E-state index is 9.60. The van der Waals surface area contributed by atoms with Crippen LogP contribution in [0.1, 0.15) is 37.4 Å². The zero-order valence-electron chi connectivity index (χ0n) is 8.43. The highest BCUT2D eigenvalue weighted by molar-refractivity contribution is 5.51. The fraction of sp³-hybridized carbons (Fsp3) is 0.455. The lowest BCUT2D eigenvalue weighted by atomic mass is 10.1. The number of fused-ring (bicyclic) bond motifs is 1.